The van der Waals surface area contributed by atoms with Crippen LogP contribution in [0.15, 0.2) is 54.6 Å². The number of hydrogen-bond acceptors (Lipinski definition) is 6. The summed E-state index contributed by atoms with van der Waals surface area (Å²) >= 11 is 5.18. The lowest BCUT2D eigenvalue weighted by atomic mass is 10.1. The van der Waals surface area contributed by atoms with Crippen LogP contribution in [0, 0.1) is 10.1 Å². The molecule has 8 nitrogen and oxygen atoms in total. The molecule has 0 saturated heterocycles. The highest BCUT2D eigenvalue weighted by molar-refractivity contribution is 7.80. The van der Waals surface area contributed by atoms with E-state index in [-0.39, 0.29) is 27.9 Å². The van der Waals surface area contributed by atoms with Crippen LogP contribution in [-0.4, -0.2) is 28.2 Å². The van der Waals surface area contributed by atoms with E-state index in [1.807, 2.05) is 0 Å². The van der Waals surface area contributed by atoms with Gasteiger partial charge in [0.15, 0.2) is 10.9 Å². The van der Waals surface area contributed by atoms with Crippen molar-refractivity contribution >= 4 is 45.4 Å². The lowest BCUT2D eigenvalue weighted by molar-refractivity contribution is -0.385. The van der Waals surface area contributed by atoms with E-state index in [0.717, 1.165) is 11.5 Å². The summed E-state index contributed by atoms with van der Waals surface area (Å²) in [6.45, 7) is 0. The summed E-state index contributed by atoms with van der Waals surface area (Å²) in [5.74, 6) is -0.425. The van der Waals surface area contributed by atoms with E-state index < -0.39 is 10.8 Å². The summed E-state index contributed by atoms with van der Waals surface area (Å²) < 4.78 is 4.92. The van der Waals surface area contributed by atoms with E-state index in [1.54, 1.807) is 36.4 Å². The number of nitrogens with zero attached hydrogens (tertiary/aromatic N) is 1. The van der Waals surface area contributed by atoms with Crippen molar-refractivity contribution in [2.24, 2.45) is 0 Å². The largest absolute Gasteiger partial charge is 0.507 e. The van der Waals surface area contributed by atoms with Crippen LogP contribution in [0.2, 0.25) is 0 Å². The topological polar surface area (TPSA) is 114 Å². The number of amides is 1. The summed E-state index contributed by atoms with van der Waals surface area (Å²) in [6, 6.07) is 14.2. The molecule has 0 spiro atoms. The molecule has 142 valence electrons. The van der Waals surface area contributed by atoms with Crippen LogP contribution in [0.4, 0.5) is 11.4 Å². The Balaban J connectivity index is 1.79. The smallest absolute Gasteiger partial charge is 0.311 e. The molecule has 0 atom stereocenters. The molecule has 0 fully saturated rings. The molecule has 0 aliphatic heterocycles. The van der Waals surface area contributed by atoms with Crippen molar-refractivity contribution in [1.29, 1.82) is 0 Å². The number of rotatable bonds is 4. The normalized spacial score (nSPS) is 10.3. The van der Waals surface area contributed by atoms with Crippen molar-refractivity contribution in [3.63, 3.8) is 0 Å². The summed E-state index contributed by atoms with van der Waals surface area (Å²) in [4.78, 5) is 22.9. The van der Waals surface area contributed by atoms with Crippen molar-refractivity contribution in [3.05, 3.63) is 70.3 Å². The van der Waals surface area contributed by atoms with Crippen LogP contribution < -0.4 is 15.4 Å². The minimum absolute atomic E-state index is 0.0133. The lowest BCUT2D eigenvalue weighted by Crippen LogP contribution is -2.34. The Labute approximate surface area is 164 Å². The Morgan fingerprint density at radius 2 is 1.86 bits per heavy atom. The van der Waals surface area contributed by atoms with Gasteiger partial charge in [-0.1, -0.05) is 24.3 Å². The first-order valence-corrected chi connectivity index (χ1v) is 8.47. The highest BCUT2D eigenvalue weighted by Crippen LogP contribution is 2.30. The van der Waals surface area contributed by atoms with Crippen LogP contribution in [0.5, 0.6) is 11.5 Å². The predicted molar refractivity (Wildman–Crippen MR) is 109 cm³/mol. The Kier molecular flexibility index (Phi) is 5.37. The maximum Gasteiger partial charge on any atom is 0.311 e. The van der Waals surface area contributed by atoms with Gasteiger partial charge in [0.2, 0.25) is 0 Å². The van der Waals surface area contributed by atoms with E-state index in [2.05, 4.69) is 10.6 Å². The number of ether oxygens (including phenoxy) is 1. The second-order valence-electron chi connectivity index (χ2n) is 5.73. The Morgan fingerprint density at radius 3 is 2.57 bits per heavy atom. The molecule has 0 radical (unpaired) electrons. The van der Waals surface area contributed by atoms with Gasteiger partial charge in [0.25, 0.3) is 5.91 Å². The van der Waals surface area contributed by atoms with Crippen molar-refractivity contribution in [1.82, 2.24) is 5.32 Å². The van der Waals surface area contributed by atoms with Gasteiger partial charge in [-0.25, -0.2) is 0 Å². The SMILES string of the molecule is COc1ccc(C(=O)NC(=S)Nc2cccc3c(O)cccc23)cc1[N+](=O)[O-]. The van der Waals surface area contributed by atoms with Gasteiger partial charge >= 0.3 is 5.69 Å². The average Bonchev–Trinajstić information content (AvgIpc) is 2.68. The second-order valence-corrected chi connectivity index (χ2v) is 6.14. The van der Waals surface area contributed by atoms with Gasteiger partial charge < -0.3 is 15.2 Å². The molecule has 0 heterocycles. The van der Waals surface area contributed by atoms with Gasteiger partial charge in [-0.15, -0.1) is 0 Å². The fraction of sp³-hybridized carbons (Fsp3) is 0.0526. The minimum atomic E-state index is -0.630. The van der Waals surface area contributed by atoms with Gasteiger partial charge in [-0.2, -0.15) is 0 Å². The summed E-state index contributed by atoms with van der Waals surface area (Å²) in [5, 5.41) is 27.8. The van der Waals surface area contributed by atoms with Crippen molar-refractivity contribution in [2.45, 2.75) is 0 Å². The standard InChI is InChI=1S/C19H15N3O5S/c1-27-17-9-8-11(10-15(17)22(25)26)18(24)21-19(28)20-14-6-2-5-13-12(14)4-3-7-16(13)23/h2-10,23H,1H3,(H2,20,21,24,28). The number of carbonyl (C=O) groups excluding carboxylic acids is 1. The minimum Gasteiger partial charge on any atom is -0.507 e. The molecular weight excluding hydrogens is 382 g/mol. The maximum atomic E-state index is 12.4. The van der Waals surface area contributed by atoms with E-state index in [4.69, 9.17) is 17.0 Å². The van der Waals surface area contributed by atoms with Crippen molar-refractivity contribution in [2.75, 3.05) is 12.4 Å². The Morgan fingerprint density at radius 1 is 1.14 bits per heavy atom. The van der Waals surface area contributed by atoms with Crippen LogP contribution in [0.3, 0.4) is 0 Å². The number of phenolic OH excluding ortho intramolecular Hbond substituents is 1. The number of phenols is 1. The first kappa shape index (κ1) is 19.1. The van der Waals surface area contributed by atoms with E-state index in [9.17, 15) is 20.0 Å². The first-order valence-electron chi connectivity index (χ1n) is 8.06. The van der Waals surface area contributed by atoms with E-state index in [0.29, 0.717) is 11.1 Å². The van der Waals surface area contributed by atoms with Gasteiger partial charge in [0.1, 0.15) is 5.75 Å². The molecule has 0 aliphatic carbocycles. The molecule has 3 aromatic rings. The zero-order valence-electron chi connectivity index (χ0n) is 14.6. The van der Waals surface area contributed by atoms with Crippen molar-refractivity contribution < 1.29 is 19.6 Å². The number of hydrogen-bond donors (Lipinski definition) is 3. The number of aromatic hydroxyl groups is 1. The van der Waals surface area contributed by atoms with Crippen LogP contribution in [-0.2, 0) is 0 Å². The molecule has 9 heteroatoms. The molecule has 3 N–H and O–H groups in total. The second kappa shape index (κ2) is 7.89. The van der Waals surface area contributed by atoms with Crippen LogP contribution in [0.1, 0.15) is 10.4 Å². The predicted octanol–water partition coefficient (Wildman–Crippen LogP) is 3.59. The summed E-state index contributed by atoms with van der Waals surface area (Å²) in [6.07, 6.45) is 0. The van der Waals surface area contributed by atoms with Gasteiger partial charge in [-0.05, 0) is 36.5 Å². The monoisotopic (exact) mass is 397 g/mol. The summed E-state index contributed by atoms with van der Waals surface area (Å²) in [7, 11) is 1.31. The van der Waals surface area contributed by atoms with Crippen molar-refractivity contribution in [3.8, 4) is 11.5 Å². The number of anilines is 1. The number of thiocarbonyl (C=S) groups is 1. The van der Waals surface area contributed by atoms with Gasteiger partial charge in [0.05, 0.1) is 12.0 Å². The number of methoxy groups -OCH3 is 1. The summed E-state index contributed by atoms with van der Waals surface area (Å²) in [5.41, 5.74) is 0.338. The molecular formula is C19H15N3O5S. The first-order chi connectivity index (χ1) is 13.4. The molecule has 0 bridgehead atoms. The number of benzene rings is 3. The average molecular weight is 397 g/mol. The zero-order chi connectivity index (χ0) is 20.3. The zero-order valence-corrected chi connectivity index (χ0v) is 15.4. The number of carbonyl (C=O) groups is 1. The van der Waals surface area contributed by atoms with E-state index >= 15 is 0 Å². The molecule has 1 amide bonds. The fourth-order valence-corrected chi connectivity index (χ4v) is 2.91. The van der Waals surface area contributed by atoms with Gasteiger partial charge in [-0.3, -0.25) is 20.2 Å². The van der Waals surface area contributed by atoms with Gasteiger partial charge in [0, 0.05) is 28.1 Å². The number of fused-ring (bicyclic) bond motifs is 1. The third kappa shape index (κ3) is 3.84. The number of nitro benzene ring substituents is 1. The Hall–Kier alpha value is -3.72. The van der Waals surface area contributed by atoms with Crippen LogP contribution in [0.25, 0.3) is 10.8 Å². The molecule has 0 aromatic heterocycles. The third-order valence-electron chi connectivity index (χ3n) is 4.01. The number of nitrogens with one attached hydrogen (secondary N) is 2. The van der Waals surface area contributed by atoms with E-state index in [1.165, 1.54) is 19.2 Å². The quantitative estimate of drug-likeness (QED) is 0.350. The Bertz CT molecular complexity index is 1100. The van der Waals surface area contributed by atoms with Crippen LogP contribution >= 0.6 is 12.2 Å². The third-order valence-corrected chi connectivity index (χ3v) is 4.22. The maximum absolute atomic E-state index is 12.4. The number of nitro groups is 1. The highest BCUT2D eigenvalue weighted by Gasteiger charge is 2.19. The molecule has 3 rings (SSSR count). The molecule has 28 heavy (non-hydrogen) atoms. The molecule has 0 unspecified atom stereocenters. The molecule has 0 saturated carbocycles. The molecule has 0 aliphatic rings. The lowest BCUT2D eigenvalue weighted by Gasteiger charge is -2.12. The fourth-order valence-electron chi connectivity index (χ4n) is 2.71. The molecule has 3 aromatic carbocycles. The highest BCUT2D eigenvalue weighted by atomic mass is 32.1.